The van der Waals surface area contributed by atoms with E-state index in [1.165, 1.54) is 28.6 Å². The molecule has 2 N–H and O–H groups in total. The Hall–Kier alpha value is -2.98. The zero-order chi connectivity index (χ0) is 22.6. The summed E-state index contributed by atoms with van der Waals surface area (Å²) < 4.78 is 28.9. The third kappa shape index (κ3) is 5.02. The van der Waals surface area contributed by atoms with E-state index >= 15 is 0 Å². The van der Waals surface area contributed by atoms with Crippen molar-refractivity contribution in [2.45, 2.75) is 38.6 Å². The topological polar surface area (TPSA) is 117 Å². The summed E-state index contributed by atoms with van der Waals surface area (Å²) in [6.45, 7) is 7.21. The minimum atomic E-state index is -3.69. The normalized spacial score (nSPS) is 11.9. The standard InChI is InChI=1S/C21H27N5O4S/c1-4-26(5-2)31(29,30)16-7-8-19-17(11-16)18(12-20(27)24-19)21(28)22-9-6-10-25-14-15(3)13-23-25/h7-8,11-14H,4-6,9-10H2,1-3H3,(H,22,28)(H,24,27). The molecule has 1 aromatic carbocycles. The van der Waals surface area contributed by atoms with E-state index in [2.05, 4.69) is 15.4 Å². The number of nitrogens with zero attached hydrogens (tertiary/aromatic N) is 3. The number of aromatic nitrogens is 3. The Balaban J connectivity index is 1.84. The van der Waals surface area contributed by atoms with Gasteiger partial charge in [-0.25, -0.2) is 8.42 Å². The molecule has 3 aromatic rings. The summed E-state index contributed by atoms with van der Waals surface area (Å²) >= 11 is 0. The second-order valence-corrected chi connectivity index (χ2v) is 9.17. The Kier molecular flexibility index (Phi) is 6.91. The fraction of sp³-hybridized carbons (Fsp3) is 0.381. The van der Waals surface area contributed by atoms with Crippen LogP contribution in [0.1, 0.15) is 36.2 Å². The van der Waals surface area contributed by atoms with Gasteiger partial charge in [0.1, 0.15) is 0 Å². The van der Waals surface area contributed by atoms with Gasteiger partial charge in [0.15, 0.2) is 0 Å². The van der Waals surface area contributed by atoms with E-state index in [1.807, 2.05) is 13.1 Å². The van der Waals surface area contributed by atoms with E-state index in [1.54, 1.807) is 24.7 Å². The number of pyridine rings is 1. The van der Waals surface area contributed by atoms with Crippen molar-refractivity contribution < 1.29 is 13.2 Å². The Morgan fingerprint density at radius 1 is 1.23 bits per heavy atom. The van der Waals surface area contributed by atoms with Gasteiger partial charge in [0.05, 0.1) is 16.7 Å². The maximum Gasteiger partial charge on any atom is 0.252 e. The molecule has 0 spiro atoms. The lowest BCUT2D eigenvalue weighted by atomic mass is 10.1. The zero-order valence-electron chi connectivity index (χ0n) is 17.9. The average molecular weight is 446 g/mol. The molecule has 0 saturated carbocycles. The van der Waals surface area contributed by atoms with Crippen molar-refractivity contribution >= 4 is 26.8 Å². The third-order valence-electron chi connectivity index (χ3n) is 5.01. The Labute approximate surface area is 181 Å². The Morgan fingerprint density at radius 2 is 1.97 bits per heavy atom. The number of carbonyl (C=O) groups is 1. The molecule has 0 radical (unpaired) electrons. The summed E-state index contributed by atoms with van der Waals surface area (Å²) in [6.07, 6.45) is 4.35. The van der Waals surface area contributed by atoms with Gasteiger partial charge in [0.25, 0.3) is 5.91 Å². The molecular formula is C21H27N5O4S. The van der Waals surface area contributed by atoms with Crippen LogP contribution in [0.3, 0.4) is 0 Å². The molecule has 0 bridgehead atoms. The molecule has 0 atom stereocenters. The number of H-pyrrole nitrogens is 1. The molecule has 9 nitrogen and oxygen atoms in total. The minimum absolute atomic E-state index is 0.0823. The Morgan fingerprint density at radius 3 is 2.61 bits per heavy atom. The van der Waals surface area contributed by atoms with Crippen LogP contribution in [-0.2, 0) is 16.6 Å². The number of hydrogen-bond acceptors (Lipinski definition) is 5. The van der Waals surface area contributed by atoms with E-state index in [4.69, 9.17) is 0 Å². The van der Waals surface area contributed by atoms with Gasteiger partial charge in [0, 0.05) is 49.3 Å². The maximum atomic E-state index is 12.9. The fourth-order valence-electron chi connectivity index (χ4n) is 3.42. The molecule has 0 aliphatic heterocycles. The number of aryl methyl sites for hydroxylation is 2. The lowest BCUT2D eigenvalue weighted by Crippen LogP contribution is -2.30. The number of sulfonamides is 1. The molecule has 166 valence electrons. The van der Waals surface area contributed by atoms with E-state index in [0.29, 0.717) is 43.5 Å². The van der Waals surface area contributed by atoms with Crippen molar-refractivity contribution in [1.29, 1.82) is 0 Å². The number of fused-ring (bicyclic) bond motifs is 1. The first-order valence-corrected chi connectivity index (χ1v) is 11.6. The molecule has 0 aliphatic rings. The summed E-state index contributed by atoms with van der Waals surface area (Å²) in [5.41, 5.74) is 1.19. The highest BCUT2D eigenvalue weighted by molar-refractivity contribution is 7.89. The summed E-state index contributed by atoms with van der Waals surface area (Å²) in [7, 11) is -3.69. The molecule has 0 unspecified atom stereocenters. The van der Waals surface area contributed by atoms with Gasteiger partial charge in [-0.15, -0.1) is 0 Å². The average Bonchev–Trinajstić information content (AvgIpc) is 3.15. The fourth-order valence-corrected chi connectivity index (χ4v) is 4.91. The summed E-state index contributed by atoms with van der Waals surface area (Å²) in [5.74, 6) is -0.426. The molecule has 10 heteroatoms. The van der Waals surface area contributed by atoms with Crippen LogP contribution in [0.15, 0.2) is 46.3 Å². The minimum Gasteiger partial charge on any atom is -0.352 e. The predicted octanol–water partition coefficient (Wildman–Crippen LogP) is 1.88. The van der Waals surface area contributed by atoms with Crippen LogP contribution < -0.4 is 10.9 Å². The van der Waals surface area contributed by atoms with Crippen LogP contribution in [-0.4, -0.2) is 53.0 Å². The van der Waals surface area contributed by atoms with Gasteiger partial charge in [0.2, 0.25) is 15.6 Å². The van der Waals surface area contributed by atoms with Crippen molar-refractivity contribution in [3.05, 3.63) is 58.1 Å². The van der Waals surface area contributed by atoms with Gasteiger partial charge >= 0.3 is 0 Å². The summed E-state index contributed by atoms with van der Waals surface area (Å²) in [5, 5.41) is 7.39. The number of amides is 1. The van der Waals surface area contributed by atoms with E-state index < -0.39 is 21.5 Å². The lowest BCUT2D eigenvalue weighted by molar-refractivity contribution is 0.0954. The number of aromatic amines is 1. The van der Waals surface area contributed by atoms with E-state index in [9.17, 15) is 18.0 Å². The van der Waals surface area contributed by atoms with E-state index in [0.717, 1.165) is 5.56 Å². The molecule has 2 heterocycles. The highest BCUT2D eigenvalue weighted by atomic mass is 32.2. The van der Waals surface area contributed by atoms with Crippen LogP contribution in [0.25, 0.3) is 10.9 Å². The first kappa shape index (κ1) is 22.7. The predicted molar refractivity (Wildman–Crippen MR) is 119 cm³/mol. The second-order valence-electron chi connectivity index (χ2n) is 7.23. The van der Waals surface area contributed by atoms with Crippen molar-refractivity contribution in [1.82, 2.24) is 24.4 Å². The highest BCUT2D eigenvalue weighted by Gasteiger charge is 2.23. The van der Waals surface area contributed by atoms with Gasteiger partial charge in [-0.05, 0) is 37.1 Å². The smallest absolute Gasteiger partial charge is 0.252 e. The largest absolute Gasteiger partial charge is 0.352 e. The van der Waals surface area contributed by atoms with Crippen LogP contribution in [0, 0.1) is 6.92 Å². The molecule has 1 amide bonds. The van der Waals surface area contributed by atoms with Gasteiger partial charge in [-0.3, -0.25) is 14.3 Å². The van der Waals surface area contributed by atoms with E-state index in [-0.39, 0.29) is 10.5 Å². The summed E-state index contributed by atoms with van der Waals surface area (Å²) in [4.78, 5) is 27.6. The van der Waals surface area contributed by atoms with Crippen molar-refractivity contribution in [3.63, 3.8) is 0 Å². The van der Waals surface area contributed by atoms with Gasteiger partial charge in [-0.1, -0.05) is 13.8 Å². The van der Waals surface area contributed by atoms with Crippen LogP contribution >= 0.6 is 0 Å². The number of rotatable bonds is 9. The lowest BCUT2D eigenvalue weighted by Gasteiger charge is -2.19. The molecular weight excluding hydrogens is 418 g/mol. The number of nitrogens with one attached hydrogen (secondary N) is 2. The SMILES string of the molecule is CCN(CC)S(=O)(=O)c1ccc2[nH]c(=O)cc(C(=O)NCCCn3cc(C)cn3)c2c1. The molecule has 2 aromatic heterocycles. The third-order valence-corrected chi connectivity index (χ3v) is 7.06. The van der Waals surface area contributed by atoms with Crippen LogP contribution in [0.2, 0.25) is 0 Å². The first-order chi connectivity index (χ1) is 14.8. The second kappa shape index (κ2) is 9.44. The molecule has 0 fully saturated rings. The zero-order valence-corrected chi connectivity index (χ0v) is 18.7. The first-order valence-electron chi connectivity index (χ1n) is 10.2. The number of benzene rings is 1. The maximum absolute atomic E-state index is 12.9. The molecule has 0 aliphatic carbocycles. The monoisotopic (exact) mass is 445 g/mol. The molecule has 31 heavy (non-hydrogen) atoms. The number of carbonyl (C=O) groups excluding carboxylic acids is 1. The summed E-state index contributed by atoms with van der Waals surface area (Å²) in [6, 6.07) is 5.60. The van der Waals surface area contributed by atoms with Crippen molar-refractivity contribution in [2.75, 3.05) is 19.6 Å². The van der Waals surface area contributed by atoms with Crippen molar-refractivity contribution in [3.8, 4) is 0 Å². The highest BCUT2D eigenvalue weighted by Crippen LogP contribution is 2.22. The van der Waals surface area contributed by atoms with Crippen molar-refractivity contribution in [2.24, 2.45) is 0 Å². The quantitative estimate of drug-likeness (QED) is 0.488. The van der Waals surface area contributed by atoms with Gasteiger partial charge < -0.3 is 10.3 Å². The van der Waals surface area contributed by atoms with Gasteiger partial charge in [-0.2, -0.15) is 9.40 Å². The van der Waals surface area contributed by atoms with Crippen LogP contribution in [0.5, 0.6) is 0 Å². The number of hydrogen-bond donors (Lipinski definition) is 2. The Bertz CT molecular complexity index is 1240. The van der Waals surface area contributed by atoms with Crippen LogP contribution in [0.4, 0.5) is 0 Å². The molecule has 3 rings (SSSR count). The molecule has 0 saturated heterocycles.